The molecule has 7 heteroatoms. The van der Waals surface area contributed by atoms with E-state index < -0.39 is 5.82 Å². The van der Waals surface area contributed by atoms with Crippen LogP contribution in [-0.2, 0) is 11.2 Å². The van der Waals surface area contributed by atoms with Crippen molar-refractivity contribution in [3.63, 3.8) is 0 Å². The van der Waals surface area contributed by atoms with Gasteiger partial charge in [0.25, 0.3) is 5.91 Å². The molecule has 0 spiro atoms. The largest absolute Gasteiger partial charge is 0.341 e. The third-order valence-corrected chi connectivity index (χ3v) is 4.66. The summed E-state index contributed by atoms with van der Waals surface area (Å²) < 4.78 is 13.3. The zero-order valence-electron chi connectivity index (χ0n) is 13.2. The molecule has 0 bridgehead atoms. The Morgan fingerprint density at radius 1 is 1.17 bits per heavy atom. The lowest BCUT2D eigenvalue weighted by atomic mass is 10.2. The van der Waals surface area contributed by atoms with Gasteiger partial charge in [-0.2, -0.15) is 0 Å². The molecule has 1 aromatic heterocycles. The van der Waals surface area contributed by atoms with Crippen molar-refractivity contribution in [1.82, 2.24) is 14.8 Å². The summed E-state index contributed by atoms with van der Waals surface area (Å²) in [6.45, 7) is 2.13. The quantitative estimate of drug-likeness (QED) is 0.855. The smallest absolute Gasteiger partial charge is 0.254 e. The molecule has 0 atom stereocenters. The molecule has 0 N–H and O–H groups in total. The van der Waals surface area contributed by atoms with Gasteiger partial charge >= 0.3 is 0 Å². The number of amides is 2. The average molecular weight is 347 g/mol. The van der Waals surface area contributed by atoms with Gasteiger partial charge in [-0.3, -0.25) is 9.59 Å². The molecule has 1 aliphatic rings. The summed E-state index contributed by atoms with van der Waals surface area (Å²) in [5.41, 5.74) is 2.84. The van der Waals surface area contributed by atoms with Crippen LogP contribution >= 0.6 is 11.3 Å². The second-order valence-electron chi connectivity index (χ2n) is 5.69. The van der Waals surface area contributed by atoms with E-state index in [0.29, 0.717) is 44.6 Å². The minimum atomic E-state index is -0.421. The van der Waals surface area contributed by atoms with Gasteiger partial charge in [0, 0.05) is 37.1 Å². The Morgan fingerprint density at radius 3 is 2.71 bits per heavy atom. The number of benzene rings is 1. The molecular weight excluding hydrogens is 329 g/mol. The van der Waals surface area contributed by atoms with Crippen LogP contribution in [0.25, 0.3) is 0 Å². The zero-order valence-corrected chi connectivity index (χ0v) is 14.0. The van der Waals surface area contributed by atoms with E-state index in [9.17, 15) is 14.0 Å². The molecule has 5 nitrogen and oxygen atoms in total. The summed E-state index contributed by atoms with van der Waals surface area (Å²) in [7, 11) is 0. The minimum Gasteiger partial charge on any atom is -0.341 e. The number of hydrogen-bond donors (Lipinski definition) is 0. The van der Waals surface area contributed by atoms with E-state index in [4.69, 9.17) is 0 Å². The first-order chi connectivity index (χ1) is 11.6. The van der Waals surface area contributed by atoms with Crippen molar-refractivity contribution in [2.75, 3.05) is 26.2 Å². The first-order valence-electron chi connectivity index (χ1n) is 7.83. The summed E-state index contributed by atoms with van der Waals surface area (Å²) in [4.78, 5) is 32.4. The Hall–Kier alpha value is -2.28. The Morgan fingerprint density at radius 2 is 1.96 bits per heavy atom. The van der Waals surface area contributed by atoms with Crippen molar-refractivity contribution in [1.29, 1.82) is 0 Å². The number of nitrogens with zero attached hydrogens (tertiary/aromatic N) is 3. The van der Waals surface area contributed by atoms with E-state index in [-0.39, 0.29) is 11.8 Å². The zero-order chi connectivity index (χ0) is 16.9. The molecule has 0 unspecified atom stereocenters. The molecule has 3 rings (SSSR count). The molecule has 2 aromatic rings. The predicted octanol–water partition coefficient (Wildman–Crippen LogP) is 2.20. The lowest BCUT2D eigenvalue weighted by Gasteiger charge is -2.22. The van der Waals surface area contributed by atoms with Crippen molar-refractivity contribution >= 4 is 23.2 Å². The van der Waals surface area contributed by atoms with Crippen molar-refractivity contribution in [2.45, 2.75) is 12.8 Å². The number of halogens is 1. The van der Waals surface area contributed by atoms with Crippen LogP contribution in [0.2, 0.25) is 0 Å². The molecule has 126 valence electrons. The minimum absolute atomic E-state index is 0.0287. The van der Waals surface area contributed by atoms with Crippen molar-refractivity contribution in [3.05, 3.63) is 52.2 Å². The Kier molecular flexibility index (Phi) is 5.20. The topological polar surface area (TPSA) is 53.5 Å². The summed E-state index contributed by atoms with van der Waals surface area (Å²) in [6, 6.07) is 5.71. The first-order valence-corrected chi connectivity index (χ1v) is 8.77. The number of rotatable bonds is 3. The number of carbonyl (C=O) groups excluding carboxylic acids is 2. The van der Waals surface area contributed by atoms with E-state index in [1.807, 2.05) is 5.38 Å². The van der Waals surface area contributed by atoms with Gasteiger partial charge in [-0.05, 0) is 24.6 Å². The van der Waals surface area contributed by atoms with E-state index in [2.05, 4.69) is 4.98 Å². The van der Waals surface area contributed by atoms with Gasteiger partial charge in [-0.25, -0.2) is 9.37 Å². The summed E-state index contributed by atoms with van der Waals surface area (Å²) in [5.74, 6) is -0.583. The highest BCUT2D eigenvalue weighted by Crippen LogP contribution is 2.12. The Balaban J connectivity index is 1.60. The Bertz CT molecular complexity index is 720. The van der Waals surface area contributed by atoms with E-state index >= 15 is 0 Å². The highest BCUT2D eigenvalue weighted by molar-refractivity contribution is 7.07. The fourth-order valence-electron chi connectivity index (χ4n) is 2.77. The van der Waals surface area contributed by atoms with Crippen LogP contribution in [0.15, 0.2) is 35.2 Å². The molecular formula is C17H18FN3O2S. The maximum atomic E-state index is 13.3. The summed E-state index contributed by atoms with van der Waals surface area (Å²) >= 11 is 1.47. The van der Waals surface area contributed by atoms with Crippen LogP contribution in [0.1, 0.15) is 22.5 Å². The summed E-state index contributed by atoms with van der Waals surface area (Å²) in [6.07, 6.45) is 1.01. The molecule has 0 saturated carbocycles. The standard InChI is InChI=1S/C17H18FN3O2S/c18-14-4-1-3-13(9-14)17(23)21-6-2-5-20(7-8-21)16(22)10-15-11-24-12-19-15/h1,3-4,9,11-12H,2,5-8,10H2. The van der Waals surface area contributed by atoms with Gasteiger partial charge in [0.05, 0.1) is 17.6 Å². The maximum absolute atomic E-state index is 13.3. The molecule has 1 aromatic carbocycles. The van der Waals surface area contributed by atoms with Crippen molar-refractivity contribution in [2.24, 2.45) is 0 Å². The third kappa shape index (κ3) is 3.97. The maximum Gasteiger partial charge on any atom is 0.254 e. The number of aromatic nitrogens is 1. The average Bonchev–Trinajstić information content (AvgIpc) is 2.95. The lowest BCUT2D eigenvalue weighted by Crippen LogP contribution is -2.38. The van der Waals surface area contributed by atoms with Crippen LogP contribution in [-0.4, -0.2) is 52.8 Å². The predicted molar refractivity (Wildman–Crippen MR) is 89.3 cm³/mol. The van der Waals surface area contributed by atoms with Gasteiger partial charge in [-0.1, -0.05) is 6.07 Å². The van der Waals surface area contributed by atoms with Crippen LogP contribution in [0.5, 0.6) is 0 Å². The fraction of sp³-hybridized carbons (Fsp3) is 0.353. The third-order valence-electron chi connectivity index (χ3n) is 4.02. The van der Waals surface area contributed by atoms with E-state index in [1.54, 1.807) is 21.4 Å². The van der Waals surface area contributed by atoms with E-state index in [0.717, 1.165) is 5.69 Å². The molecule has 1 fully saturated rings. The number of thiazole rings is 1. The normalized spacial score (nSPS) is 15.2. The molecule has 1 saturated heterocycles. The molecule has 0 aliphatic carbocycles. The van der Waals surface area contributed by atoms with Crippen molar-refractivity contribution < 1.29 is 14.0 Å². The number of carbonyl (C=O) groups is 2. The van der Waals surface area contributed by atoms with Crippen LogP contribution in [0, 0.1) is 5.82 Å². The van der Waals surface area contributed by atoms with Gasteiger partial charge in [0.2, 0.25) is 5.91 Å². The van der Waals surface area contributed by atoms with Crippen molar-refractivity contribution in [3.8, 4) is 0 Å². The van der Waals surface area contributed by atoms with Crippen LogP contribution in [0.4, 0.5) is 4.39 Å². The lowest BCUT2D eigenvalue weighted by molar-refractivity contribution is -0.130. The Labute approximate surface area is 143 Å². The van der Waals surface area contributed by atoms with Gasteiger partial charge in [0.15, 0.2) is 0 Å². The highest BCUT2D eigenvalue weighted by Gasteiger charge is 2.23. The second kappa shape index (κ2) is 7.53. The molecule has 2 amide bonds. The monoisotopic (exact) mass is 347 g/mol. The van der Waals surface area contributed by atoms with Gasteiger partial charge in [-0.15, -0.1) is 11.3 Å². The molecule has 24 heavy (non-hydrogen) atoms. The molecule has 1 aliphatic heterocycles. The molecule has 0 radical (unpaired) electrons. The summed E-state index contributed by atoms with van der Waals surface area (Å²) in [5, 5.41) is 1.87. The van der Waals surface area contributed by atoms with Crippen LogP contribution < -0.4 is 0 Å². The highest BCUT2D eigenvalue weighted by atomic mass is 32.1. The van der Waals surface area contributed by atoms with E-state index in [1.165, 1.54) is 29.5 Å². The van der Waals surface area contributed by atoms with Gasteiger partial charge in [0.1, 0.15) is 5.82 Å². The number of hydrogen-bond acceptors (Lipinski definition) is 4. The second-order valence-corrected chi connectivity index (χ2v) is 6.41. The SMILES string of the molecule is O=C(Cc1cscn1)N1CCCN(C(=O)c2cccc(F)c2)CC1. The first kappa shape index (κ1) is 16.6. The fourth-order valence-corrected chi connectivity index (χ4v) is 3.32. The van der Waals surface area contributed by atoms with Gasteiger partial charge < -0.3 is 9.80 Å². The van der Waals surface area contributed by atoms with Crippen LogP contribution in [0.3, 0.4) is 0 Å². The molecule has 2 heterocycles.